The summed E-state index contributed by atoms with van der Waals surface area (Å²) >= 11 is 0. The number of benzene rings is 3. The van der Waals surface area contributed by atoms with Gasteiger partial charge in [-0.2, -0.15) is 0 Å². The first kappa shape index (κ1) is 16.3. The van der Waals surface area contributed by atoms with Crippen LogP contribution in [0.5, 0.6) is 0 Å². The third-order valence-corrected chi connectivity index (χ3v) is 3.82. The number of hydrogen-bond acceptors (Lipinski definition) is 3. The summed E-state index contributed by atoms with van der Waals surface area (Å²) in [6, 6.07) is 21.1. The molecular formula is C20H17N3O2. The van der Waals surface area contributed by atoms with E-state index in [1.807, 2.05) is 24.3 Å². The molecule has 5 heteroatoms. The fraction of sp³-hybridized carbons (Fsp3) is 0. The van der Waals surface area contributed by atoms with Gasteiger partial charge in [0.25, 0.3) is 5.91 Å². The summed E-state index contributed by atoms with van der Waals surface area (Å²) in [5.74, 6) is -0.693. The van der Waals surface area contributed by atoms with Crippen LogP contribution in [0.2, 0.25) is 0 Å². The van der Waals surface area contributed by atoms with Crippen LogP contribution in [-0.4, -0.2) is 11.8 Å². The molecule has 3 aromatic rings. The zero-order chi connectivity index (χ0) is 17.8. The maximum absolute atomic E-state index is 12.2. The van der Waals surface area contributed by atoms with Gasteiger partial charge in [-0.15, -0.1) is 0 Å². The molecule has 124 valence electrons. The molecule has 0 aromatic heterocycles. The van der Waals surface area contributed by atoms with Gasteiger partial charge in [0.1, 0.15) is 0 Å². The standard InChI is InChI=1S/C20H17N3O2/c21-15-9-5-14(6-10-15)20(25)23-16-11-7-13(8-12-16)17-3-1-2-4-18(17)19(22)24/h1-12H,21H2,(H2,22,24)(H,23,25). The molecule has 0 radical (unpaired) electrons. The quantitative estimate of drug-likeness (QED) is 0.640. The van der Waals surface area contributed by atoms with Crippen LogP contribution in [0, 0.1) is 0 Å². The number of anilines is 2. The minimum atomic E-state index is -0.476. The van der Waals surface area contributed by atoms with Crippen molar-refractivity contribution in [3.63, 3.8) is 0 Å². The van der Waals surface area contributed by atoms with Crippen molar-refractivity contribution in [3.8, 4) is 11.1 Å². The number of hydrogen-bond donors (Lipinski definition) is 3. The van der Waals surface area contributed by atoms with E-state index in [-0.39, 0.29) is 5.91 Å². The normalized spacial score (nSPS) is 10.2. The third kappa shape index (κ3) is 3.67. The number of nitrogens with two attached hydrogens (primary N) is 2. The third-order valence-electron chi connectivity index (χ3n) is 3.82. The molecule has 0 bridgehead atoms. The second-order valence-corrected chi connectivity index (χ2v) is 5.56. The van der Waals surface area contributed by atoms with E-state index in [1.165, 1.54) is 0 Å². The summed E-state index contributed by atoms with van der Waals surface area (Å²) in [4.78, 5) is 23.8. The van der Waals surface area contributed by atoms with Gasteiger partial charge in [0.05, 0.1) is 0 Å². The summed E-state index contributed by atoms with van der Waals surface area (Å²) in [5.41, 5.74) is 14.9. The van der Waals surface area contributed by atoms with Crippen molar-refractivity contribution >= 4 is 23.2 Å². The van der Waals surface area contributed by atoms with Gasteiger partial charge >= 0.3 is 0 Å². The van der Waals surface area contributed by atoms with Gasteiger partial charge in [0.2, 0.25) is 5.91 Å². The Labute approximate surface area is 145 Å². The topological polar surface area (TPSA) is 98.2 Å². The number of nitrogens with one attached hydrogen (secondary N) is 1. The van der Waals surface area contributed by atoms with Crippen molar-refractivity contribution in [2.75, 3.05) is 11.1 Å². The van der Waals surface area contributed by atoms with Gasteiger partial charge in [-0.3, -0.25) is 9.59 Å². The second kappa shape index (κ2) is 6.88. The number of carbonyl (C=O) groups is 2. The maximum Gasteiger partial charge on any atom is 0.255 e. The van der Waals surface area contributed by atoms with E-state index in [4.69, 9.17) is 11.5 Å². The Morgan fingerprint density at radius 3 is 2.08 bits per heavy atom. The van der Waals surface area contributed by atoms with Crippen LogP contribution < -0.4 is 16.8 Å². The molecule has 0 atom stereocenters. The Hall–Kier alpha value is -3.60. The fourth-order valence-electron chi connectivity index (χ4n) is 2.52. The van der Waals surface area contributed by atoms with Crippen LogP contribution >= 0.6 is 0 Å². The molecule has 0 saturated carbocycles. The minimum Gasteiger partial charge on any atom is -0.399 e. The van der Waals surface area contributed by atoms with Crippen molar-refractivity contribution in [1.29, 1.82) is 0 Å². The van der Waals surface area contributed by atoms with Gasteiger partial charge in [0, 0.05) is 22.5 Å². The smallest absolute Gasteiger partial charge is 0.255 e. The number of nitrogen functional groups attached to an aromatic ring is 1. The molecule has 0 fully saturated rings. The Balaban J connectivity index is 1.80. The first-order valence-electron chi connectivity index (χ1n) is 7.71. The van der Waals surface area contributed by atoms with E-state index in [9.17, 15) is 9.59 Å². The minimum absolute atomic E-state index is 0.217. The highest BCUT2D eigenvalue weighted by atomic mass is 16.2. The Kier molecular flexibility index (Phi) is 4.48. The van der Waals surface area contributed by atoms with Crippen molar-refractivity contribution < 1.29 is 9.59 Å². The molecule has 5 N–H and O–H groups in total. The molecule has 0 heterocycles. The molecule has 5 nitrogen and oxygen atoms in total. The second-order valence-electron chi connectivity index (χ2n) is 5.56. The van der Waals surface area contributed by atoms with Crippen LogP contribution in [0.1, 0.15) is 20.7 Å². The molecule has 3 aromatic carbocycles. The summed E-state index contributed by atoms with van der Waals surface area (Å²) in [6.07, 6.45) is 0. The highest BCUT2D eigenvalue weighted by molar-refractivity contribution is 6.04. The van der Waals surface area contributed by atoms with Crippen molar-refractivity contribution in [2.24, 2.45) is 5.73 Å². The molecule has 0 aliphatic heterocycles. The SMILES string of the molecule is NC(=O)c1ccccc1-c1ccc(NC(=O)c2ccc(N)cc2)cc1. The lowest BCUT2D eigenvalue weighted by Crippen LogP contribution is -2.12. The lowest BCUT2D eigenvalue weighted by molar-refractivity contribution is 0.0998. The van der Waals surface area contributed by atoms with E-state index in [2.05, 4.69) is 5.32 Å². The molecular weight excluding hydrogens is 314 g/mol. The van der Waals surface area contributed by atoms with Gasteiger partial charge in [-0.1, -0.05) is 30.3 Å². The van der Waals surface area contributed by atoms with Gasteiger partial charge in [-0.25, -0.2) is 0 Å². The van der Waals surface area contributed by atoms with Gasteiger partial charge in [0.15, 0.2) is 0 Å². The molecule has 0 aliphatic carbocycles. The van der Waals surface area contributed by atoms with Gasteiger partial charge in [-0.05, 0) is 53.6 Å². The fourth-order valence-corrected chi connectivity index (χ4v) is 2.52. The van der Waals surface area contributed by atoms with Crippen LogP contribution in [-0.2, 0) is 0 Å². The number of carbonyl (C=O) groups excluding carboxylic acids is 2. The summed E-state index contributed by atoms with van der Waals surface area (Å²) < 4.78 is 0. The maximum atomic E-state index is 12.2. The average Bonchev–Trinajstić information content (AvgIpc) is 2.63. The van der Waals surface area contributed by atoms with E-state index in [0.29, 0.717) is 22.5 Å². The van der Waals surface area contributed by atoms with Crippen molar-refractivity contribution in [2.45, 2.75) is 0 Å². The largest absolute Gasteiger partial charge is 0.399 e. The molecule has 25 heavy (non-hydrogen) atoms. The molecule has 0 saturated heterocycles. The first-order valence-corrected chi connectivity index (χ1v) is 7.71. The molecule has 0 spiro atoms. The highest BCUT2D eigenvalue weighted by Gasteiger charge is 2.10. The summed E-state index contributed by atoms with van der Waals surface area (Å²) in [7, 11) is 0. The summed E-state index contributed by atoms with van der Waals surface area (Å²) in [6.45, 7) is 0. The molecule has 3 rings (SSSR count). The lowest BCUT2D eigenvalue weighted by atomic mass is 9.99. The van der Waals surface area contributed by atoms with Crippen LogP contribution in [0.15, 0.2) is 72.8 Å². The average molecular weight is 331 g/mol. The zero-order valence-corrected chi connectivity index (χ0v) is 13.4. The van der Waals surface area contributed by atoms with Crippen molar-refractivity contribution in [3.05, 3.63) is 83.9 Å². The molecule has 0 unspecified atom stereocenters. The molecule has 0 aliphatic rings. The number of primary amides is 1. The zero-order valence-electron chi connectivity index (χ0n) is 13.4. The molecule has 2 amide bonds. The predicted molar refractivity (Wildman–Crippen MR) is 99.2 cm³/mol. The predicted octanol–water partition coefficient (Wildman–Crippen LogP) is 3.29. The van der Waals surface area contributed by atoms with Crippen LogP contribution in [0.4, 0.5) is 11.4 Å². The number of rotatable bonds is 4. The van der Waals surface area contributed by atoms with Crippen LogP contribution in [0.25, 0.3) is 11.1 Å². The highest BCUT2D eigenvalue weighted by Crippen LogP contribution is 2.25. The Morgan fingerprint density at radius 1 is 0.800 bits per heavy atom. The van der Waals surface area contributed by atoms with E-state index < -0.39 is 5.91 Å². The van der Waals surface area contributed by atoms with Crippen molar-refractivity contribution in [1.82, 2.24) is 0 Å². The van der Waals surface area contributed by atoms with E-state index in [1.54, 1.807) is 48.5 Å². The first-order chi connectivity index (χ1) is 12.0. The van der Waals surface area contributed by atoms with Crippen LogP contribution in [0.3, 0.4) is 0 Å². The summed E-state index contributed by atoms with van der Waals surface area (Å²) in [5, 5.41) is 2.82. The lowest BCUT2D eigenvalue weighted by Gasteiger charge is -2.09. The van der Waals surface area contributed by atoms with E-state index >= 15 is 0 Å². The monoisotopic (exact) mass is 331 g/mol. The Bertz CT molecular complexity index is 916. The Morgan fingerprint density at radius 2 is 1.44 bits per heavy atom. The van der Waals surface area contributed by atoms with E-state index in [0.717, 1.165) is 11.1 Å². The van der Waals surface area contributed by atoms with Gasteiger partial charge < -0.3 is 16.8 Å². The number of amides is 2.